The molecule has 0 aliphatic rings. The Kier molecular flexibility index (Phi) is 3.99. The molecular weight excluding hydrogens is 200 g/mol. The molecule has 1 aromatic heterocycles. The van der Waals surface area contributed by atoms with E-state index in [1.165, 1.54) is 25.4 Å². The van der Waals surface area contributed by atoms with E-state index in [0.717, 1.165) is 0 Å². The maximum atomic E-state index is 10.6. The molecule has 0 radical (unpaired) electrons. The topological polar surface area (TPSA) is 74.5 Å². The number of ether oxygens (including phenoxy) is 2. The van der Waals surface area contributed by atoms with Gasteiger partial charge in [0.1, 0.15) is 6.10 Å². The molecule has 6 nitrogen and oxygen atoms in total. The zero-order valence-corrected chi connectivity index (χ0v) is 8.54. The molecule has 0 fully saturated rings. The number of nitro groups is 1. The van der Waals surface area contributed by atoms with Crippen molar-refractivity contribution in [2.45, 2.75) is 13.0 Å². The standard InChI is InChI=1S/C9H12N2O4/c1-7(6-14-2)15-9-8(11(12)13)4-3-5-10-9/h3-5,7H,6H2,1-2H3. The van der Waals surface area contributed by atoms with E-state index in [9.17, 15) is 10.1 Å². The third kappa shape index (κ3) is 3.17. The minimum absolute atomic E-state index is 0.0204. The summed E-state index contributed by atoms with van der Waals surface area (Å²) in [6.07, 6.45) is 1.17. The summed E-state index contributed by atoms with van der Waals surface area (Å²) >= 11 is 0. The summed E-state index contributed by atoms with van der Waals surface area (Å²) in [7, 11) is 1.53. The maximum Gasteiger partial charge on any atom is 0.330 e. The highest BCUT2D eigenvalue weighted by Crippen LogP contribution is 2.23. The van der Waals surface area contributed by atoms with Crippen molar-refractivity contribution >= 4 is 5.69 Å². The molecule has 0 aromatic carbocycles. The molecule has 0 aliphatic heterocycles. The first kappa shape index (κ1) is 11.4. The molecule has 0 amide bonds. The lowest BCUT2D eigenvalue weighted by molar-refractivity contribution is -0.386. The van der Waals surface area contributed by atoms with Gasteiger partial charge in [-0.2, -0.15) is 0 Å². The van der Waals surface area contributed by atoms with Crippen molar-refractivity contribution in [3.63, 3.8) is 0 Å². The molecule has 6 heteroatoms. The molecule has 1 rings (SSSR count). The first-order chi connectivity index (χ1) is 7.15. The van der Waals surface area contributed by atoms with Crippen LogP contribution in [0.15, 0.2) is 18.3 Å². The average molecular weight is 212 g/mol. The van der Waals surface area contributed by atoms with Crippen molar-refractivity contribution in [1.29, 1.82) is 0 Å². The normalized spacial score (nSPS) is 12.1. The van der Waals surface area contributed by atoms with Crippen LogP contribution in [-0.4, -0.2) is 29.7 Å². The Bertz CT molecular complexity index is 343. The van der Waals surface area contributed by atoms with Crippen LogP contribution in [-0.2, 0) is 4.74 Å². The summed E-state index contributed by atoms with van der Waals surface area (Å²) < 4.78 is 10.1. The van der Waals surface area contributed by atoms with E-state index in [2.05, 4.69) is 4.98 Å². The minimum Gasteiger partial charge on any atom is -0.467 e. The molecule has 1 atom stereocenters. The van der Waals surface area contributed by atoms with Crippen LogP contribution in [0.1, 0.15) is 6.92 Å². The second-order valence-electron chi connectivity index (χ2n) is 2.97. The smallest absolute Gasteiger partial charge is 0.330 e. The SMILES string of the molecule is COCC(C)Oc1ncccc1[N+](=O)[O-]. The number of rotatable bonds is 5. The second kappa shape index (κ2) is 5.26. The third-order valence-corrected chi connectivity index (χ3v) is 1.66. The van der Waals surface area contributed by atoms with Gasteiger partial charge in [0.25, 0.3) is 5.88 Å². The second-order valence-corrected chi connectivity index (χ2v) is 2.97. The van der Waals surface area contributed by atoms with Gasteiger partial charge in [0.2, 0.25) is 0 Å². The molecule has 1 unspecified atom stereocenters. The number of methoxy groups -OCH3 is 1. The molecule has 0 saturated carbocycles. The highest BCUT2D eigenvalue weighted by Gasteiger charge is 2.17. The summed E-state index contributed by atoms with van der Waals surface area (Å²) in [5, 5.41) is 10.6. The fourth-order valence-electron chi connectivity index (χ4n) is 1.07. The largest absolute Gasteiger partial charge is 0.467 e. The summed E-state index contributed by atoms with van der Waals surface area (Å²) in [5.74, 6) is 0.0204. The quantitative estimate of drug-likeness (QED) is 0.544. The Balaban J connectivity index is 2.79. The summed E-state index contributed by atoms with van der Waals surface area (Å²) in [4.78, 5) is 13.9. The van der Waals surface area contributed by atoms with Crippen molar-refractivity contribution in [2.24, 2.45) is 0 Å². The lowest BCUT2D eigenvalue weighted by atomic mass is 10.4. The molecular formula is C9H12N2O4. The van der Waals surface area contributed by atoms with Crippen molar-refractivity contribution in [1.82, 2.24) is 4.98 Å². The Hall–Kier alpha value is -1.69. The zero-order valence-electron chi connectivity index (χ0n) is 8.54. The fourth-order valence-corrected chi connectivity index (χ4v) is 1.07. The first-order valence-corrected chi connectivity index (χ1v) is 4.40. The van der Waals surface area contributed by atoms with Crippen LogP contribution in [0.4, 0.5) is 5.69 Å². The number of hydrogen-bond donors (Lipinski definition) is 0. The predicted molar refractivity (Wildman–Crippen MR) is 52.9 cm³/mol. The van der Waals surface area contributed by atoms with Gasteiger partial charge in [-0.15, -0.1) is 0 Å². The van der Waals surface area contributed by atoms with E-state index in [4.69, 9.17) is 9.47 Å². The summed E-state index contributed by atoms with van der Waals surface area (Å²) in [6.45, 7) is 2.11. The molecule has 0 aliphatic carbocycles. The van der Waals surface area contributed by atoms with Crippen LogP contribution in [0.5, 0.6) is 5.88 Å². The number of hydrogen-bond acceptors (Lipinski definition) is 5. The molecule has 0 spiro atoms. The summed E-state index contributed by atoms with van der Waals surface area (Å²) in [6, 6.07) is 2.84. The van der Waals surface area contributed by atoms with Crippen LogP contribution in [0.2, 0.25) is 0 Å². The molecule has 0 N–H and O–H groups in total. The average Bonchev–Trinajstić information content (AvgIpc) is 2.18. The van der Waals surface area contributed by atoms with Gasteiger partial charge < -0.3 is 9.47 Å². The van der Waals surface area contributed by atoms with Gasteiger partial charge in [-0.1, -0.05) is 0 Å². The van der Waals surface area contributed by atoms with Crippen molar-refractivity contribution in [3.8, 4) is 5.88 Å². The first-order valence-electron chi connectivity index (χ1n) is 4.40. The predicted octanol–water partition coefficient (Wildman–Crippen LogP) is 1.40. The van der Waals surface area contributed by atoms with E-state index >= 15 is 0 Å². The van der Waals surface area contributed by atoms with E-state index in [1.807, 2.05) is 0 Å². The van der Waals surface area contributed by atoms with E-state index < -0.39 is 4.92 Å². The van der Waals surface area contributed by atoms with Gasteiger partial charge in [0.05, 0.1) is 11.5 Å². The zero-order chi connectivity index (χ0) is 11.3. The molecule has 1 heterocycles. The molecule has 1 aromatic rings. The van der Waals surface area contributed by atoms with Gasteiger partial charge in [0, 0.05) is 19.4 Å². The van der Waals surface area contributed by atoms with Crippen LogP contribution >= 0.6 is 0 Å². The highest BCUT2D eigenvalue weighted by atomic mass is 16.6. The lowest BCUT2D eigenvalue weighted by Gasteiger charge is -2.12. The Morgan fingerprint density at radius 3 is 3.00 bits per heavy atom. The van der Waals surface area contributed by atoms with E-state index in [1.54, 1.807) is 6.92 Å². The van der Waals surface area contributed by atoms with Crippen molar-refractivity contribution in [2.75, 3.05) is 13.7 Å². The van der Waals surface area contributed by atoms with Crippen LogP contribution in [0.25, 0.3) is 0 Å². The molecule has 0 bridgehead atoms. The number of pyridine rings is 1. The minimum atomic E-state index is -0.526. The van der Waals surface area contributed by atoms with Gasteiger partial charge in [0.15, 0.2) is 0 Å². The maximum absolute atomic E-state index is 10.6. The highest BCUT2D eigenvalue weighted by molar-refractivity contribution is 5.39. The monoisotopic (exact) mass is 212 g/mol. The van der Waals surface area contributed by atoms with E-state index in [-0.39, 0.29) is 17.7 Å². The van der Waals surface area contributed by atoms with Crippen LogP contribution < -0.4 is 4.74 Å². The summed E-state index contributed by atoms with van der Waals surface area (Å²) in [5.41, 5.74) is -0.138. The third-order valence-electron chi connectivity index (χ3n) is 1.66. The van der Waals surface area contributed by atoms with Gasteiger partial charge in [-0.25, -0.2) is 4.98 Å². The Morgan fingerprint density at radius 1 is 1.67 bits per heavy atom. The molecule has 15 heavy (non-hydrogen) atoms. The van der Waals surface area contributed by atoms with Crippen LogP contribution in [0, 0.1) is 10.1 Å². The van der Waals surface area contributed by atoms with Gasteiger partial charge in [-0.3, -0.25) is 10.1 Å². The Labute approximate surface area is 87.0 Å². The number of nitrogens with zero attached hydrogens (tertiary/aromatic N) is 2. The van der Waals surface area contributed by atoms with E-state index in [0.29, 0.717) is 6.61 Å². The fraction of sp³-hybridized carbons (Fsp3) is 0.444. The van der Waals surface area contributed by atoms with Gasteiger partial charge >= 0.3 is 5.69 Å². The Morgan fingerprint density at radius 2 is 2.40 bits per heavy atom. The van der Waals surface area contributed by atoms with Crippen molar-refractivity contribution in [3.05, 3.63) is 28.4 Å². The van der Waals surface area contributed by atoms with Crippen molar-refractivity contribution < 1.29 is 14.4 Å². The molecule has 82 valence electrons. The van der Waals surface area contributed by atoms with Crippen LogP contribution in [0.3, 0.4) is 0 Å². The lowest BCUT2D eigenvalue weighted by Crippen LogP contribution is -2.19. The molecule has 0 saturated heterocycles. The van der Waals surface area contributed by atoms with Gasteiger partial charge in [-0.05, 0) is 13.0 Å². The number of aromatic nitrogens is 1.